The number of halogens is 4. The highest BCUT2D eigenvalue weighted by atomic mass is 19.4. The summed E-state index contributed by atoms with van der Waals surface area (Å²) in [5.74, 6) is -0.652. The van der Waals surface area contributed by atoms with Crippen LogP contribution >= 0.6 is 0 Å². The molecule has 0 spiro atoms. The number of nitrogens with zero attached hydrogens (tertiary/aromatic N) is 3. The van der Waals surface area contributed by atoms with E-state index in [0.717, 1.165) is 5.56 Å². The molecule has 2 aromatic rings. The van der Waals surface area contributed by atoms with E-state index in [2.05, 4.69) is 15.6 Å². The van der Waals surface area contributed by atoms with E-state index >= 15 is 4.39 Å². The number of rotatable bonds is 7. The Bertz CT molecular complexity index is 1140. The van der Waals surface area contributed by atoms with Crippen LogP contribution in [0.3, 0.4) is 0 Å². The SMILES string of the molecule is Cc1ccc(NC(=O)N2CCC(CC(F)(F)F)C2)cc1-c1cc(N2CCOCC2)nc(NC(C)CO)c1F. The maximum Gasteiger partial charge on any atom is 0.389 e. The molecule has 3 N–H and O–H groups in total. The van der Waals surface area contributed by atoms with Gasteiger partial charge in [-0.2, -0.15) is 13.2 Å². The fourth-order valence-electron chi connectivity index (χ4n) is 4.74. The highest BCUT2D eigenvalue weighted by Gasteiger charge is 2.36. The zero-order valence-corrected chi connectivity index (χ0v) is 21.4. The van der Waals surface area contributed by atoms with E-state index in [4.69, 9.17) is 4.74 Å². The van der Waals surface area contributed by atoms with Crippen molar-refractivity contribution < 1.29 is 32.2 Å². The average molecular weight is 540 g/mol. The highest BCUT2D eigenvalue weighted by Crippen LogP contribution is 2.35. The van der Waals surface area contributed by atoms with Gasteiger partial charge in [-0.3, -0.25) is 0 Å². The summed E-state index contributed by atoms with van der Waals surface area (Å²) in [6.07, 6.45) is -4.88. The van der Waals surface area contributed by atoms with Gasteiger partial charge in [-0.1, -0.05) is 6.07 Å². The molecule has 0 saturated carbocycles. The van der Waals surface area contributed by atoms with Gasteiger partial charge in [0, 0.05) is 49.9 Å². The molecule has 2 aliphatic rings. The third-order valence-electron chi connectivity index (χ3n) is 6.81. The number of amides is 2. The second kappa shape index (κ2) is 11.7. The Balaban J connectivity index is 1.60. The number of carbonyl (C=O) groups is 1. The van der Waals surface area contributed by atoms with Gasteiger partial charge in [0.25, 0.3) is 0 Å². The predicted octanol–water partition coefficient (Wildman–Crippen LogP) is 4.63. The van der Waals surface area contributed by atoms with Gasteiger partial charge in [0.05, 0.1) is 19.8 Å². The van der Waals surface area contributed by atoms with Crippen molar-refractivity contribution in [2.24, 2.45) is 5.92 Å². The standard InChI is InChI=1S/C26H33F4N5O3/c1-16-3-4-19(32-25(37)35-6-5-18(14-35)13-26(28,29)30)11-20(16)21-12-22(34-7-9-38-10-8-34)33-24(23(21)27)31-17(2)15-36/h3-4,11-12,17-18,36H,5-10,13-15H2,1-2H3,(H,31,33)(H,32,37). The van der Waals surface area contributed by atoms with Crippen LogP contribution < -0.4 is 15.5 Å². The van der Waals surface area contributed by atoms with Crippen molar-refractivity contribution in [2.45, 2.75) is 38.9 Å². The van der Waals surface area contributed by atoms with Crippen molar-refractivity contribution >= 4 is 23.4 Å². The van der Waals surface area contributed by atoms with Crippen LogP contribution in [0.25, 0.3) is 11.1 Å². The number of aliphatic hydroxyl groups excluding tert-OH is 1. The third kappa shape index (κ3) is 6.84. The predicted molar refractivity (Wildman–Crippen MR) is 137 cm³/mol. The number of anilines is 3. The molecular formula is C26H33F4N5O3. The molecule has 0 radical (unpaired) electrons. The van der Waals surface area contributed by atoms with Crippen molar-refractivity contribution in [1.29, 1.82) is 0 Å². The molecule has 38 heavy (non-hydrogen) atoms. The van der Waals surface area contributed by atoms with Crippen molar-refractivity contribution in [3.05, 3.63) is 35.6 Å². The van der Waals surface area contributed by atoms with Gasteiger partial charge in [0.1, 0.15) is 5.82 Å². The number of hydrogen-bond acceptors (Lipinski definition) is 6. The number of hydrogen-bond donors (Lipinski definition) is 3. The maximum atomic E-state index is 15.8. The smallest absolute Gasteiger partial charge is 0.389 e. The van der Waals surface area contributed by atoms with E-state index in [9.17, 15) is 23.1 Å². The number of aromatic nitrogens is 1. The molecule has 2 saturated heterocycles. The van der Waals surface area contributed by atoms with Crippen molar-refractivity contribution in [3.63, 3.8) is 0 Å². The van der Waals surface area contributed by atoms with Gasteiger partial charge in [-0.15, -0.1) is 0 Å². The molecule has 4 rings (SSSR count). The van der Waals surface area contributed by atoms with Crippen LogP contribution in [0.2, 0.25) is 0 Å². The largest absolute Gasteiger partial charge is 0.394 e. The second-order valence-corrected chi connectivity index (χ2v) is 9.90. The Labute approximate surface area is 219 Å². The number of likely N-dealkylation sites (tertiary alicyclic amines) is 1. The lowest BCUT2D eigenvalue weighted by Gasteiger charge is -2.29. The van der Waals surface area contributed by atoms with Gasteiger partial charge < -0.3 is 30.3 Å². The number of nitrogens with one attached hydrogen (secondary N) is 2. The number of benzene rings is 1. The third-order valence-corrected chi connectivity index (χ3v) is 6.81. The van der Waals surface area contributed by atoms with Crippen LogP contribution in [0.15, 0.2) is 24.3 Å². The topological polar surface area (TPSA) is 90.0 Å². The molecule has 8 nitrogen and oxygen atoms in total. The van der Waals surface area contributed by atoms with E-state index in [1.165, 1.54) is 4.90 Å². The summed E-state index contributed by atoms with van der Waals surface area (Å²) in [5.41, 5.74) is 1.97. The lowest BCUT2D eigenvalue weighted by Crippen LogP contribution is -2.37. The number of aryl methyl sites for hydroxylation is 1. The van der Waals surface area contributed by atoms with Crippen LogP contribution in [0.1, 0.15) is 25.3 Å². The Morgan fingerprint density at radius 1 is 1.21 bits per heavy atom. The van der Waals surface area contributed by atoms with Gasteiger partial charge in [0.15, 0.2) is 11.6 Å². The van der Waals surface area contributed by atoms with Gasteiger partial charge in [-0.05, 0) is 55.5 Å². The van der Waals surface area contributed by atoms with Crippen LogP contribution in [-0.4, -0.2) is 79.2 Å². The summed E-state index contributed by atoms with van der Waals surface area (Å²) in [6, 6.07) is 5.81. The van der Waals surface area contributed by atoms with Crippen LogP contribution in [0.4, 0.5) is 39.7 Å². The van der Waals surface area contributed by atoms with Crippen LogP contribution in [-0.2, 0) is 4.74 Å². The van der Waals surface area contributed by atoms with E-state index in [1.54, 1.807) is 31.2 Å². The molecule has 2 fully saturated rings. The fourth-order valence-corrected chi connectivity index (χ4v) is 4.74. The minimum absolute atomic E-state index is 0.00662. The maximum absolute atomic E-state index is 15.8. The molecule has 3 heterocycles. The first-order valence-corrected chi connectivity index (χ1v) is 12.7. The first-order valence-electron chi connectivity index (χ1n) is 12.7. The molecule has 12 heteroatoms. The summed E-state index contributed by atoms with van der Waals surface area (Å²) in [6.45, 7) is 5.81. The van der Waals surface area contributed by atoms with E-state index in [-0.39, 0.29) is 31.1 Å². The number of aliphatic hydroxyl groups is 1. The lowest BCUT2D eigenvalue weighted by atomic mass is 9.99. The van der Waals surface area contributed by atoms with E-state index in [1.807, 2.05) is 11.8 Å². The zero-order valence-electron chi connectivity index (χ0n) is 21.4. The van der Waals surface area contributed by atoms with Crippen molar-refractivity contribution in [3.8, 4) is 11.1 Å². The number of carbonyl (C=O) groups excluding carboxylic acids is 1. The van der Waals surface area contributed by atoms with Crippen molar-refractivity contribution in [1.82, 2.24) is 9.88 Å². The van der Waals surface area contributed by atoms with Crippen LogP contribution in [0.5, 0.6) is 0 Å². The molecule has 0 bridgehead atoms. The molecule has 0 aliphatic carbocycles. The summed E-state index contributed by atoms with van der Waals surface area (Å²) in [7, 11) is 0. The van der Waals surface area contributed by atoms with Gasteiger partial charge in [-0.25, -0.2) is 14.2 Å². The quantitative estimate of drug-likeness (QED) is 0.445. The Morgan fingerprint density at radius 2 is 1.95 bits per heavy atom. The van der Waals surface area contributed by atoms with Gasteiger partial charge in [0.2, 0.25) is 0 Å². The number of pyridine rings is 1. The Kier molecular flexibility index (Phi) is 8.61. The molecule has 208 valence electrons. The number of ether oxygens (including phenoxy) is 1. The fraction of sp³-hybridized carbons (Fsp3) is 0.538. The molecule has 2 amide bonds. The minimum Gasteiger partial charge on any atom is -0.394 e. The summed E-state index contributed by atoms with van der Waals surface area (Å²) in [5, 5.41) is 15.2. The number of alkyl halides is 3. The summed E-state index contributed by atoms with van der Waals surface area (Å²) < 4.78 is 59.4. The molecule has 1 aromatic carbocycles. The number of urea groups is 1. The lowest BCUT2D eigenvalue weighted by molar-refractivity contribution is -0.143. The number of morpholine rings is 1. The van der Waals surface area contributed by atoms with Crippen LogP contribution in [0, 0.1) is 18.7 Å². The average Bonchev–Trinajstić information content (AvgIpc) is 3.34. The van der Waals surface area contributed by atoms with Crippen molar-refractivity contribution in [2.75, 3.05) is 61.5 Å². The normalized spacial score (nSPS) is 19.0. The molecule has 2 unspecified atom stereocenters. The molecule has 2 atom stereocenters. The Morgan fingerprint density at radius 3 is 2.63 bits per heavy atom. The molecular weight excluding hydrogens is 506 g/mol. The zero-order chi connectivity index (χ0) is 27.4. The summed E-state index contributed by atoms with van der Waals surface area (Å²) in [4.78, 5) is 20.6. The monoisotopic (exact) mass is 539 g/mol. The molecule has 1 aromatic heterocycles. The minimum atomic E-state index is -4.26. The second-order valence-electron chi connectivity index (χ2n) is 9.90. The first kappa shape index (κ1) is 27.9. The van der Waals surface area contributed by atoms with E-state index in [0.29, 0.717) is 49.8 Å². The summed E-state index contributed by atoms with van der Waals surface area (Å²) >= 11 is 0. The van der Waals surface area contributed by atoms with Gasteiger partial charge >= 0.3 is 12.2 Å². The van der Waals surface area contributed by atoms with E-state index < -0.39 is 36.4 Å². The Hall–Kier alpha value is -3.12. The first-order chi connectivity index (χ1) is 18.0. The highest BCUT2D eigenvalue weighted by molar-refractivity contribution is 5.91. The molecule has 2 aliphatic heterocycles.